The molecule has 0 unspecified atom stereocenters. The lowest BCUT2D eigenvalue weighted by molar-refractivity contribution is -0.384. The van der Waals surface area contributed by atoms with E-state index < -0.39 is 4.92 Å². The highest BCUT2D eigenvalue weighted by atomic mass is 16.6. The lowest BCUT2D eigenvalue weighted by Crippen LogP contribution is -2.10. The first-order valence-electron chi connectivity index (χ1n) is 10.5. The number of hydrogen-bond donors (Lipinski definition) is 0. The van der Waals surface area contributed by atoms with E-state index in [4.69, 9.17) is 14.2 Å². The van der Waals surface area contributed by atoms with E-state index >= 15 is 0 Å². The SMILES string of the molecule is CCOc1cc(C=C(C#N)c2ccc([N+](=O)[O-])cc2)ccc1OCCOc1ccc(C)cc1. The number of nitriles is 1. The van der Waals surface area contributed by atoms with Crippen LogP contribution in [-0.4, -0.2) is 24.7 Å². The molecule has 3 aromatic carbocycles. The van der Waals surface area contributed by atoms with E-state index in [2.05, 4.69) is 6.07 Å². The number of nitro groups is 1. The van der Waals surface area contributed by atoms with Gasteiger partial charge in [-0.25, -0.2) is 0 Å². The first kappa shape index (κ1) is 23.4. The van der Waals surface area contributed by atoms with Gasteiger partial charge in [-0.15, -0.1) is 0 Å². The number of non-ortho nitro benzene ring substituents is 1. The van der Waals surface area contributed by atoms with Crippen molar-refractivity contribution in [2.24, 2.45) is 0 Å². The van der Waals surface area contributed by atoms with Gasteiger partial charge in [0.05, 0.1) is 23.2 Å². The van der Waals surface area contributed by atoms with Crippen LogP contribution in [0.25, 0.3) is 11.6 Å². The van der Waals surface area contributed by atoms with Crippen molar-refractivity contribution in [2.75, 3.05) is 19.8 Å². The van der Waals surface area contributed by atoms with Crippen molar-refractivity contribution in [3.05, 3.63) is 93.5 Å². The lowest BCUT2D eigenvalue weighted by Gasteiger charge is -2.13. The molecule has 3 aromatic rings. The normalized spacial score (nSPS) is 10.9. The zero-order chi connectivity index (χ0) is 23.6. The van der Waals surface area contributed by atoms with Gasteiger partial charge in [-0.1, -0.05) is 23.8 Å². The van der Waals surface area contributed by atoms with Crippen LogP contribution in [0.1, 0.15) is 23.6 Å². The van der Waals surface area contributed by atoms with Crippen LogP contribution in [0.3, 0.4) is 0 Å². The number of nitrogens with zero attached hydrogens (tertiary/aromatic N) is 2. The summed E-state index contributed by atoms with van der Waals surface area (Å²) in [4.78, 5) is 10.4. The number of hydrogen-bond acceptors (Lipinski definition) is 6. The van der Waals surface area contributed by atoms with Gasteiger partial charge in [-0.2, -0.15) is 5.26 Å². The Morgan fingerprint density at radius 2 is 1.67 bits per heavy atom. The summed E-state index contributed by atoms with van der Waals surface area (Å²) in [6, 6.07) is 21.2. The molecule has 7 heteroatoms. The molecule has 0 bridgehead atoms. The average molecular weight is 444 g/mol. The minimum Gasteiger partial charge on any atom is -0.490 e. The predicted molar refractivity (Wildman–Crippen MR) is 126 cm³/mol. The molecule has 0 spiro atoms. The summed E-state index contributed by atoms with van der Waals surface area (Å²) in [5, 5.41) is 20.4. The molecule has 0 fully saturated rings. The van der Waals surface area contributed by atoms with Crippen molar-refractivity contribution >= 4 is 17.3 Å². The van der Waals surface area contributed by atoms with Crippen LogP contribution in [0.2, 0.25) is 0 Å². The third-order valence-electron chi connectivity index (χ3n) is 4.72. The molecule has 33 heavy (non-hydrogen) atoms. The Balaban J connectivity index is 1.70. The third kappa shape index (κ3) is 6.58. The van der Waals surface area contributed by atoms with Gasteiger partial charge in [-0.3, -0.25) is 10.1 Å². The lowest BCUT2D eigenvalue weighted by atomic mass is 10.0. The van der Waals surface area contributed by atoms with Crippen molar-refractivity contribution in [1.29, 1.82) is 5.26 Å². The molecule has 0 amide bonds. The van der Waals surface area contributed by atoms with Crippen LogP contribution in [0.5, 0.6) is 17.2 Å². The quantitative estimate of drug-likeness (QED) is 0.128. The molecule has 0 saturated carbocycles. The van der Waals surface area contributed by atoms with Gasteiger partial charge in [0, 0.05) is 12.1 Å². The van der Waals surface area contributed by atoms with E-state index in [1.165, 1.54) is 17.7 Å². The fourth-order valence-electron chi connectivity index (χ4n) is 3.06. The summed E-state index contributed by atoms with van der Waals surface area (Å²) in [5.41, 5.74) is 2.86. The van der Waals surface area contributed by atoms with Crippen LogP contribution >= 0.6 is 0 Å². The van der Waals surface area contributed by atoms with E-state index in [1.54, 1.807) is 30.3 Å². The van der Waals surface area contributed by atoms with E-state index in [1.807, 2.05) is 44.2 Å². The Labute approximate surface area is 192 Å². The molecule has 0 aliphatic heterocycles. The maximum Gasteiger partial charge on any atom is 0.269 e. The van der Waals surface area contributed by atoms with Gasteiger partial charge in [0.15, 0.2) is 11.5 Å². The van der Waals surface area contributed by atoms with Crippen molar-refractivity contribution in [2.45, 2.75) is 13.8 Å². The molecular weight excluding hydrogens is 420 g/mol. The smallest absolute Gasteiger partial charge is 0.269 e. The molecule has 0 saturated heterocycles. The standard InChI is InChI=1S/C26H24N2O5/c1-3-31-26-17-20(16-22(18-27)21-7-9-23(10-8-21)28(29)30)6-13-25(26)33-15-14-32-24-11-4-19(2)5-12-24/h4-13,16-17H,3,14-15H2,1-2H3. The summed E-state index contributed by atoms with van der Waals surface area (Å²) in [6.45, 7) is 5.08. The zero-order valence-electron chi connectivity index (χ0n) is 18.5. The minimum absolute atomic E-state index is 0.0254. The molecular formula is C26H24N2O5. The Kier molecular flexibility index (Phi) is 8.03. The fraction of sp³-hybridized carbons (Fsp3) is 0.192. The van der Waals surface area contributed by atoms with Crippen LogP contribution in [0.4, 0.5) is 5.69 Å². The number of aryl methyl sites for hydroxylation is 1. The molecule has 0 aliphatic carbocycles. The van der Waals surface area contributed by atoms with Gasteiger partial charge in [0.25, 0.3) is 5.69 Å². The van der Waals surface area contributed by atoms with E-state index in [-0.39, 0.29) is 5.69 Å². The van der Waals surface area contributed by atoms with Gasteiger partial charge in [-0.05, 0) is 67.4 Å². The number of benzene rings is 3. The monoisotopic (exact) mass is 444 g/mol. The summed E-state index contributed by atoms with van der Waals surface area (Å²) < 4.78 is 17.3. The number of nitro benzene ring substituents is 1. The maximum atomic E-state index is 10.8. The average Bonchev–Trinajstić information content (AvgIpc) is 2.82. The van der Waals surface area contributed by atoms with Crippen LogP contribution < -0.4 is 14.2 Å². The molecule has 7 nitrogen and oxygen atoms in total. The second-order valence-electron chi connectivity index (χ2n) is 7.12. The first-order chi connectivity index (χ1) is 16.0. The maximum absolute atomic E-state index is 10.8. The van der Waals surface area contributed by atoms with E-state index in [0.717, 1.165) is 11.3 Å². The van der Waals surface area contributed by atoms with Gasteiger partial charge in [0.1, 0.15) is 19.0 Å². The molecule has 0 heterocycles. The zero-order valence-corrected chi connectivity index (χ0v) is 18.5. The van der Waals surface area contributed by atoms with E-state index in [0.29, 0.717) is 42.5 Å². The largest absolute Gasteiger partial charge is 0.490 e. The van der Waals surface area contributed by atoms with Gasteiger partial charge in [0.2, 0.25) is 0 Å². The Morgan fingerprint density at radius 1 is 0.970 bits per heavy atom. The number of rotatable bonds is 10. The fourth-order valence-corrected chi connectivity index (χ4v) is 3.06. The number of allylic oxidation sites excluding steroid dienone is 1. The summed E-state index contributed by atoms with van der Waals surface area (Å²) in [6.07, 6.45) is 1.70. The van der Waals surface area contributed by atoms with Crippen LogP contribution in [0, 0.1) is 28.4 Å². The molecule has 0 radical (unpaired) electrons. The van der Waals surface area contributed by atoms with Gasteiger partial charge < -0.3 is 14.2 Å². The highest BCUT2D eigenvalue weighted by Gasteiger charge is 2.10. The molecule has 0 aromatic heterocycles. The summed E-state index contributed by atoms with van der Waals surface area (Å²) >= 11 is 0. The Morgan fingerprint density at radius 3 is 2.30 bits per heavy atom. The van der Waals surface area contributed by atoms with Gasteiger partial charge >= 0.3 is 0 Å². The topological polar surface area (TPSA) is 94.6 Å². The summed E-state index contributed by atoms with van der Waals surface area (Å²) in [7, 11) is 0. The Hall–Kier alpha value is -4.31. The third-order valence-corrected chi connectivity index (χ3v) is 4.72. The predicted octanol–water partition coefficient (Wildman–Crippen LogP) is 5.82. The van der Waals surface area contributed by atoms with Crippen molar-refractivity contribution < 1.29 is 19.1 Å². The molecule has 3 rings (SSSR count). The molecule has 0 aliphatic rings. The highest BCUT2D eigenvalue weighted by Crippen LogP contribution is 2.30. The molecule has 0 atom stereocenters. The first-order valence-corrected chi connectivity index (χ1v) is 10.5. The van der Waals surface area contributed by atoms with Crippen LogP contribution in [0.15, 0.2) is 66.7 Å². The Bertz CT molecular complexity index is 1160. The highest BCUT2D eigenvalue weighted by molar-refractivity contribution is 5.90. The minimum atomic E-state index is -0.474. The second-order valence-corrected chi connectivity index (χ2v) is 7.12. The van der Waals surface area contributed by atoms with E-state index in [9.17, 15) is 15.4 Å². The van der Waals surface area contributed by atoms with Crippen molar-refractivity contribution in [3.63, 3.8) is 0 Å². The second kappa shape index (κ2) is 11.3. The molecule has 168 valence electrons. The molecule has 0 N–H and O–H groups in total. The van der Waals surface area contributed by atoms with Crippen molar-refractivity contribution in [3.8, 4) is 23.3 Å². The van der Waals surface area contributed by atoms with Crippen LogP contribution in [-0.2, 0) is 0 Å². The number of ether oxygens (including phenoxy) is 3. The summed E-state index contributed by atoms with van der Waals surface area (Å²) in [5.74, 6) is 1.92. The van der Waals surface area contributed by atoms with Crippen molar-refractivity contribution in [1.82, 2.24) is 0 Å².